The SMILES string of the molecule is CCCNS(=O)(=O)c1cc(C)c(-c2ccnc(O[C@@H]3CCN(C4=C(Cl)C(=O)CN=C4)C3)c2)c(F)c1. The van der Waals surface area contributed by atoms with E-state index in [1.807, 2.05) is 11.8 Å². The molecule has 0 amide bonds. The first-order valence-corrected chi connectivity index (χ1v) is 13.2. The van der Waals surface area contributed by atoms with Crippen molar-refractivity contribution < 1.29 is 22.3 Å². The van der Waals surface area contributed by atoms with Crippen molar-refractivity contribution in [2.75, 3.05) is 26.2 Å². The number of nitrogens with one attached hydrogen (secondary N) is 1. The van der Waals surface area contributed by atoms with E-state index in [0.717, 1.165) is 6.07 Å². The summed E-state index contributed by atoms with van der Waals surface area (Å²) >= 11 is 6.17. The molecule has 2 aliphatic heterocycles. The van der Waals surface area contributed by atoms with E-state index in [2.05, 4.69) is 14.7 Å². The molecule has 1 aromatic carbocycles. The van der Waals surface area contributed by atoms with E-state index in [1.54, 1.807) is 25.3 Å². The predicted molar refractivity (Wildman–Crippen MR) is 132 cm³/mol. The average molecular weight is 521 g/mol. The number of carbonyl (C=O) groups is 1. The Kier molecular flexibility index (Phi) is 7.53. The average Bonchev–Trinajstić information content (AvgIpc) is 3.27. The summed E-state index contributed by atoms with van der Waals surface area (Å²) < 4.78 is 48.4. The number of aryl methyl sites for hydroxylation is 1. The molecule has 2 aliphatic rings. The van der Waals surface area contributed by atoms with Gasteiger partial charge in [0, 0.05) is 43.6 Å². The zero-order valence-electron chi connectivity index (χ0n) is 19.4. The summed E-state index contributed by atoms with van der Waals surface area (Å²) in [5.74, 6) is -0.530. The van der Waals surface area contributed by atoms with Crippen LogP contribution in [0.4, 0.5) is 4.39 Å². The molecule has 1 fully saturated rings. The number of allylic oxidation sites excluding steroid dienone is 1. The second-order valence-corrected chi connectivity index (χ2v) is 10.6. The molecule has 0 bridgehead atoms. The van der Waals surface area contributed by atoms with Crippen LogP contribution >= 0.6 is 11.6 Å². The van der Waals surface area contributed by atoms with Gasteiger partial charge >= 0.3 is 0 Å². The van der Waals surface area contributed by atoms with Crippen molar-refractivity contribution in [2.45, 2.75) is 37.7 Å². The Balaban J connectivity index is 1.52. The van der Waals surface area contributed by atoms with Gasteiger partial charge in [0.1, 0.15) is 23.5 Å². The number of carbonyl (C=O) groups excluding carboxylic acids is 1. The van der Waals surface area contributed by atoms with Gasteiger partial charge in [-0.25, -0.2) is 22.5 Å². The third-order valence-electron chi connectivity index (χ3n) is 5.83. The van der Waals surface area contributed by atoms with E-state index in [-0.39, 0.29) is 40.5 Å². The van der Waals surface area contributed by atoms with Crippen molar-refractivity contribution in [1.29, 1.82) is 0 Å². The molecule has 8 nitrogen and oxygen atoms in total. The molecule has 4 rings (SSSR count). The van der Waals surface area contributed by atoms with E-state index in [9.17, 15) is 13.2 Å². The van der Waals surface area contributed by atoms with Crippen molar-refractivity contribution in [3.63, 3.8) is 0 Å². The molecule has 0 saturated carbocycles. The number of likely N-dealkylation sites (tertiary alicyclic amines) is 1. The number of ketones is 1. The fourth-order valence-electron chi connectivity index (χ4n) is 4.10. The molecule has 1 saturated heterocycles. The van der Waals surface area contributed by atoms with Crippen LogP contribution in [0.1, 0.15) is 25.3 Å². The van der Waals surface area contributed by atoms with Crippen LogP contribution in [-0.4, -0.2) is 62.6 Å². The maximum atomic E-state index is 15.1. The zero-order chi connectivity index (χ0) is 25.2. The molecule has 0 aliphatic carbocycles. The highest BCUT2D eigenvalue weighted by atomic mass is 35.5. The number of ether oxygens (including phenoxy) is 1. The summed E-state index contributed by atoms with van der Waals surface area (Å²) in [6, 6.07) is 5.77. The number of halogens is 2. The van der Waals surface area contributed by atoms with Crippen LogP contribution in [0.25, 0.3) is 11.1 Å². The Hall–Kier alpha value is -2.82. The summed E-state index contributed by atoms with van der Waals surface area (Å²) in [5.41, 5.74) is 1.89. The number of nitrogens with zero attached hydrogens (tertiary/aromatic N) is 3. The molecule has 11 heteroatoms. The smallest absolute Gasteiger partial charge is 0.240 e. The highest BCUT2D eigenvalue weighted by Crippen LogP contribution is 2.31. The molecule has 35 heavy (non-hydrogen) atoms. The van der Waals surface area contributed by atoms with Crippen molar-refractivity contribution in [3.8, 4) is 17.0 Å². The molecule has 1 N–H and O–H groups in total. The summed E-state index contributed by atoms with van der Waals surface area (Å²) in [5, 5.41) is 0.182. The molecular formula is C24H26ClFN4O4S. The van der Waals surface area contributed by atoms with Crippen LogP contribution in [0.2, 0.25) is 0 Å². The molecule has 186 valence electrons. The van der Waals surface area contributed by atoms with Crippen LogP contribution in [0.5, 0.6) is 5.88 Å². The minimum atomic E-state index is -3.79. The highest BCUT2D eigenvalue weighted by molar-refractivity contribution is 7.89. The number of hydrogen-bond acceptors (Lipinski definition) is 7. The first kappa shape index (κ1) is 25.3. The van der Waals surface area contributed by atoms with Gasteiger partial charge in [-0.15, -0.1) is 0 Å². The maximum Gasteiger partial charge on any atom is 0.240 e. The molecule has 0 unspecified atom stereocenters. The Morgan fingerprint density at radius 2 is 2.11 bits per heavy atom. The predicted octanol–water partition coefficient (Wildman–Crippen LogP) is 3.44. The molecule has 1 aromatic heterocycles. The first-order chi connectivity index (χ1) is 16.7. The van der Waals surface area contributed by atoms with E-state index in [1.165, 1.54) is 12.3 Å². The highest BCUT2D eigenvalue weighted by Gasteiger charge is 2.29. The summed E-state index contributed by atoms with van der Waals surface area (Å²) in [4.78, 5) is 22.0. The van der Waals surface area contributed by atoms with Crippen LogP contribution in [0, 0.1) is 12.7 Å². The quantitative estimate of drug-likeness (QED) is 0.572. The molecule has 1 atom stereocenters. The lowest BCUT2D eigenvalue weighted by molar-refractivity contribution is -0.113. The number of aromatic nitrogens is 1. The number of Topliss-reactive ketones (excluding diaryl/α,β-unsaturated/α-hetero) is 1. The molecule has 2 aromatic rings. The van der Waals surface area contributed by atoms with Gasteiger partial charge in [-0.2, -0.15) is 0 Å². The molecule has 0 radical (unpaired) electrons. The van der Waals surface area contributed by atoms with Crippen LogP contribution in [0.3, 0.4) is 0 Å². The van der Waals surface area contributed by atoms with E-state index >= 15 is 4.39 Å². The number of rotatable bonds is 8. The first-order valence-electron chi connectivity index (χ1n) is 11.3. The van der Waals surface area contributed by atoms with Gasteiger partial charge in [0.05, 0.1) is 17.1 Å². The van der Waals surface area contributed by atoms with Gasteiger partial charge in [-0.1, -0.05) is 18.5 Å². The Morgan fingerprint density at radius 1 is 1.31 bits per heavy atom. The minimum absolute atomic E-state index is 0.0605. The normalized spacial score (nSPS) is 18.5. The standard InChI is InChI=1S/C24H26ClFN4O4S/c1-3-6-29-35(32,33)18-9-15(2)23(19(26)11-18)16-4-7-28-22(10-16)34-17-5-8-30(14-17)20-12-27-13-21(31)24(20)25/h4,7,9-12,17,29H,3,5-6,8,13-14H2,1-2H3/t17-/m1/s1. The van der Waals surface area contributed by atoms with Crippen molar-refractivity contribution in [2.24, 2.45) is 4.99 Å². The zero-order valence-corrected chi connectivity index (χ0v) is 21.0. The van der Waals surface area contributed by atoms with Crippen molar-refractivity contribution >= 4 is 33.6 Å². The molecular weight excluding hydrogens is 495 g/mol. The number of aliphatic imine (C=N–C) groups is 1. The lowest BCUT2D eigenvalue weighted by Gasteiger charge is -2.22. The number of dihydropyridines is 1. The topological polar surface area (TPSA) is 101 Å². The minimum Gasteiger partial charge on any atom is -0.472 e. The molecule has 0 spiro atoms. The number of benzene rings is 1. The third kappa shape index (κ3) is 5.55. The lowest BCUT2D eigenvalue weighted by Crippen LogP contribution is -2.28. The second-order valence-electron chi connectivity index (χ2n) is 8.44. The summed E-state index contributed by atoms with van der Waals surface area (Å²) in [7, 11) is -3.79. The van der Waals surface area contributed by atoms with Crippen LogP contribution in [0.15, 0.2) is 51.1 Å². The largest absolute Gasteiger partial charge is 0.472 e. The van der Waals surface area contributed by atoms with Crippen molar-refractivity contribution in [3.05, 3.63) is 52.6 Å². The van der Waals surface area contributed by atoms with E-state index < -0.39 is 15.8 Å². The maximum absolute atomic E-state index is 15.1. The number of pyridine rings is 1. The molecule has 3 heterocycles. The third-order valence-corrected chi connectivity index (χ3v) is 7.67. The van der Waals surface area contributed by atoms with Crippen LogP contribution < -0.4 is 9.46 Å². The number of sulfonamides is 1. The fourth-order valence-corrected chi connectivity index (χ4v) is 5.56. The van der Waals surface area contributed by atoms with Crippen molar-refractivity contribution in [1.82, 2.24) is 14.6 Å². The Labute approximate surface area is 208 Å². The fraction of sp³-hybridized carbons (Fsp3) is 0.375. The van der Waals surface area contributed by atoms with E-state index in [4.69, 9.17) is 16.3 Å². The van der Waals surface area contributed by atoms with Gasteiger partial charge < -0.3 is 9.64 Å². The van der Waals surface area contributed by atoms with E-state index in [0.29, 0.717) is 48.6 Å². The monoisotopic (exact) mass is 520 g/mol. The summed E-state index contributed by atoms with van der Waals surface area (Å²) in [6.07, 6.45) is 4.25. The Morgan fingerprint density at radius 3 is 2.86 bits per heavy atom. The summed E-state index contributed by atoms with van der Waals surface area (Å²) in [6.45, 7) is 5.00. The van der Waals surface area contributed by atoms with Gasteiger partial charge in [0.2, 0.25) is 15.9 Å². The Bertz CT molecular complexity index is 1290. The van der Waals surface area contributed by atoms with Gasteiger partial charge in [0.25, 0.3) is 0 Å². The number of hydrogen-bond donors (Lipinski definition) is 1. The lowest BCUT2D eigenvalue weighted by atomic mass is 10.0. The van der Waals surface area contributed by atoms with Crippen LogP contribution in [-0.2, 0) is 14.8 Å². The second kappa shape index (κ2) is 10.4. The van der Waals surface area contributed by atoms with Gasteiger partial charge in [-0.3, -0.25) is 9.79 Å². The van der Waals surface area contributed by atoms with Gasteiger partial charge in [-0.05, 0) is 42.7 Å². The van der Waals surface area contributed by atoms with Gasteiger partial charge in [0.15, 0.2) is 5.78 Å².